The number of pyridine rings is 1. The molecule has 0 amide bonds. The van der Waals surface area contributed by atoms with E-state index in [4.69, 9.17) is 0 Å². The molecule has 0 saturated carbocycles. The molecular weight excluding hydrogens is 153 g/mol. The molecule has 2 rings (SSSR count). The number of nitrogens with zero attached hydrogens (tertiary/aromatic N) is 1. The van der Waals surface area contributed by atoms with E-state index in [-0.39, 0.29) is 5.95 Å². The number of hydrogen-bond donors (Lipinski definition) is 0. The Morgan fingerprint density at radius 2 is 1.83 bits per heavy atom. The van der Waals surface area contributed by atoms with Gasteiger partial charge in [-0.2, -0.15) is 4.39 Å². The van der Waals surface area contributed by atoms with Crippen molar-refractivity contribution in [1.82, 2.24) is 4.98 Å². The summed E-state index contributed by atoms with van der Waals surface area (Å²) in [6.07, 6.45) is 7.46. The molecular formula is C10H12FN. The minimum absolute atomic E-state index is 0.337. The number of aryl methyl sites for hydroxylation is 2. The molecule has 0 atom stereocenters. The predicted molar refractivity (Wildman–Crippen MR) is 45.5 cm³/mol. The fourth-order valence-corrected chi connectivity index (χ4v) is 1.76. The summed E-state index contributed by atoms with van der Waals surface area (Å²) in [5.74, 6) is -0.337. The van der Waals surface area contributed by atoms with E-state index in [1.807, 2.05) is 0 Å². The summed E-state index contributed by atoms with van der Waals surface area (Å²) in [6.45, 7) is 0. The first-order valence-electron chi connectivity index (χ1n) is 4.49. The summed E-state index contributed by atoms with van der Waals surface area (Å²) in [5, 5.41) is 0. The van der Waals surface area contributed by atoms with E-state index in [1.54, 1.807) is 12.3 Å². The van der Waals surface area contributed by atoms with E-state index < -0.39 is 0 Å². The molecule has 12 heavy (non-hydrogen) atoms. The van der Waals surface area contributed by atoms with E-state index in [9.17, 15) is 4.39 Å². The van der Waals surface area contributed by atoms with E-state index in [2.05, 4.69) is 4.98 Å². The van der Waals surface area contributed by atoms with Crippen LogP contribution in [0.25, 0.3) is 0 Å². The zero-order valence-corrected chi connectivity index (χ0v) is 7.02. The summed E-state index contributed by atoms with van der Waals surface area (Å²) in [5.41, 5.74) is 2.41. The average Bonchev–Trinajstić information content (AvgIpc) is 2.28. The van der Waals surface area contributed by atoms with Crippen molar-refractivity contribution in [1.29, 1.82) is 0 Å². The van der Waals surface area contributed by atoms with Gasteiger partial charge in [-0.15, -0.1) is 0 Å². The first-order chi connectivity index (χ1) is 5.86. The van der Waals surface area contributed by atoms with Crippen molar-refractivity contribution in [2.45, 2.75) is 32.1 Å². The Labute approximate surface area is 71.6 Å². The summed E-state index contributed by atoms with van der Waals surface area (Å²) >= 11 is 0. The summed E-state index contributed by atoms with van der Waals surface area (Å²) in [4.78, 5) is 3.67. The van der Waals surface area contributed by atoms with Crippen LogP contribution in [-0.2, 0) is 12.8 Å². The monoisotopic (exact) mass is 165 g/mol. The van der Waals surface area contributed by atoms with Crippen molar-refractivity contribution in [2.75, 3.05) is 0 Å². The predicted octanol–water partition coefficient (Wildman–Crippen LogP) is 2.49. The van der Waals surface area contributed by atoms with Gasteiger partial charge in [0, 0.05) is 6.20 Å². The number of halogens is 1. The molecule has 0 aliphatic heterocycles. The molecule has 1 aliphatic rings. The Morgan fingerprint density at radius 3 is 2.67 bits per heavy atom. The maximum absolute atomic E-state index is 12.7. The zero-order valence-electron chi connectivity index (χ0n) is 7.02. The Kier molecular flexibility index (Phi) is 2.07. The molecule has 0 saturated heterocycles. The van der Waals surface area contributed by atoms with Crippen LogP contribution in [0.1, 0.15) is 30.4 Å². The van der Waals surface area contributed by atoms with Gasteiger partial charge in [0.2, 0.25) is 5.95 Å². The first-order valence-corrected chi connectivity index (χ1v) is 4.49. The maximum atomic E-state index is 12.7. The van der Waals surface area contributed by atoms with E-state index in [0.717, 1.165) is 12.8 Å². The summed E-state index contributed by atoms with van der Waals surface area (Å²) in [7, 11) is 0. The lowest BCUT2D eigenvalue weighted by atomic mass is 10.1. The molecule has 0 unspecified atom stereocenters. The van der Waals surface area contributed by atoms with Crippen LogP contribution >= 0.6 is 0 Å². The van der Waals surface area contributed by atoms with Crippen molar-refractivity contribution in [3.05, 3.63) is 29.3 Å². The Morgan fingerprint density at radius 1 is 1.08 bits per heavy atom. The highest BCUT2D eigenvalue weighted by atomic mass is 19.1. The second-order valence-corrected chi connectivity index (χ2v) is 3.34. The molecule has 0 spiro atoms. The molecule has 0 fully saturated rings. The molecule has 0 bridgehead atoms. The second kappa shape index (κ2) is 3.21. The van der Waals surface area contributed by atoms with Crippen LogP contribution in [0.15, 0.2) is 12.3 Å². The highest BCUT2D eigenvalue weighted by Gasteiger charge is 2.08. The average molecular weight is 165 g/mol. The van der Waals surface area contributed by atoms with E-state index >= 15 is 0 Å². The minimum Gasteiger partial charge on any atom is -0.228 e. The molecule has 1 heterocycles. The number of aromatic nitrogens is 1. The molecule has 0 radical (unpaired) electrons. The lowest BCUT2D eigenvalue weighted by Gasteiger charge is -2.02. The van der Waals surface area contributed by atoms with E-state index in [1.165, 1.54) is 30.4 Å². The van der Waals surface area contributed by atoms with Gasteiger partial charge < -0.3 is 0 Å². The van der Waals surface area contributed by atoms with Crippen molar-refractivity contribution in [2.24, 2.45) is 0 Å². The smallest absolute Gasteiger partial charge is 0.213 e. The largest absolute Gasteiger partial charge is 0.228 e. The molecule has 1 aromatic heterocycles. The molecule has 1 aliphatic carbocycles. The normalized spacial score (nSPS) is 16.8. The van der Waals surface area contributed by atoms with Crippen LogP contribution in [0.3, 0.4) is 0 Å². The van der Waals surface area contributed by atoms with Gasteiger partial charge in [0.25, 0.3) is 0 Å². The van der Waals surface area contributed by atoms with Gasteiger partial charge in [-0.3, -0.25) is 0 Å². The van der Waals surface area contributed by atoms with Gasteiger partial charge in [0.1, 0.15) is 0 Å². The highest BCUT2D eigenvalue weighted by Crippen LogP contribution is 2.19. The quantitative estimate of drug-likeness (QED) is 0.425. The molecule has 0 aromatic carbocycles. The van der Waals surface area contributed by atoms with Gasteiger partial charge in [-0.05, 0) is 42.9 Å². The van der Waals surface area contributed by atoms with Gasteiger partial charge >= 0.3 is 0 Å². The third-order valence-corrected chi connectivity index (χ3v) is 2.44. The maximum Gasteiger partial charge on any atom is 0.213 e. The number of rotatable bonds is 0. The van der Waals surface area contributed by atoms with Crippen LogP contribution < -0.4 is 0 Å². The van der Waals surface area contributed by atoms with Gasteiger partial charge in [-0.1, -0.05) is 6.42 Å². The summed E-state index contributed by atoms with van der Waals surface area (Å²) < 4.78 is 12.7. The summed E-state index contributed by atoms with van der Waals surface area (Å²) in [6, 6.07) is 1.58. The first kappa shape index (κ1) is 7.71. The highest BCUT2D eigenvalue weighted by molar-refractivity contribution is 5.24. The number of fused-ring (bicyclic) bond motifs is 1. The fraction of sp³-hybridized carbons (Fsp3) is 0.500. The molecule has 0 N–H and O–H groups in total. The van der Waals surface area contributed by atoms with Crippen LogP contribution in [0.2, 0.25) is 0 Å². The van der Waals surface area contributed by atoms with Crippen molar-refractivity contribution in [3.8, 4) is 0 Å². The SMILES string of the molecule is Fc1cc2c(cn1)CCCCC2. The number of hydrogen-bond acceptors (Lipinski definition) is 1. The topological polar surface area (TPSA) is 12.9 Å². The van der Waals surface area contributed by atoms with Crippen LogP contribution in [0.5, 0.6) is 0 Å². The van der Waals surface area contributed by atoms with Gasteiger partial charge in [0.15, 0.2) is 0 Å². The van der Waals surface area contributed by atoms with Gasteiger partial charge in [0.05, 0.1) is 0 Å². The third kappa shape index (κ3) is 1.47. The Bertz CT molecular complexity index is 283. The van der Waals surface area contributed by atoms with Crippen molar-refractivity contribution >= 4 is 0 Å². The molecule has 64 valence electrons. The van der Waals surface area contributed by atoms with Crippen molar-refractivity contribution < 1.29 is 4.39 Å². The zero-order chi connectivity index (χ0) is 8.39. The molecule has 1 aromatic rings. The fourth-order valence-electron chi connectivity index (χ4n) is 1.76. The Balaban J connectivity index is 2.36. The molecule has 2 heteroatoms. The van der Waals surface area contributed by atoms with Crippen molar-refractivity contribution in [3.63, 3.8) is 0 Å². The van der Waals surface area contributed by atoms with Crippen LogP contribution in [0.4, 0.5) is 4.39 Å². The third-order valence-electron chi connectivity index (χ3n) is 2.44. The lowest BCUT2D eigenvalue weighted by molar-refractivity contribution is 0.579. The minimum atomic E-state index is -0.337. The van der Waals surface area contributed by atoms with Crippen LogP contribution in [0, 0.1) is 5.95 Å². The van der Waals surface area contributed by atoms with Gasteiger partial charge in [-0.25, -0.2) is 4.98 Å². The standard InChI is InChI=1S/C10H12FN/c11-10-6-8-4-2-1-3-5-9(8)7-12-10/h6-7H,1-5H2. The van der Waals surface area contributed by atoms with Crippen LogP contribution in [-0.4, -0.2) is 4.98 Å². The lowest BCUT2D eigenvalue weighted by Crippen LogP contribution is -1.94. The Hall–Kier alpha value is -0.920. The molecule has 1 nitrogen and oxygen atoms in total. The van der Waals surface area contributed by atoms with E-state index in [0.29, 0.717) is 0 Å². The second-order valence-electron chi connectivity index (χ2n) is 3.34.